The van der Waals surface area contributed by atoms with Crippen LogP contribution in [0.4, 0.5) is 0 Å². The molecule has 0 aliphatic carbocycles. The van der Waals surface area contributed by atoms with Gasteiger partial charge < -0.3 is 10.1 Å². The molecule has 146 valence electrons. The minimum Gasteiger partial charge on any atom is -0.381 e. The fourth-order valence-corrected chi connectivity index (χ4v) is 3.51. The molecule has 3 aromatic rings. The van der Waals surface area contributed by atoms with Gasteiger partial charge in [0.1, 0.15) is 0 Å². The number of carbonyl (C=O) groups excluding carboxylic acids is 1. The molecule has 0 spiro atoms. The normalized spacial score (nSPS) is 15.0. The van der Waals surface area contributed by atoms with Gasteiger partial charge in [0.25, 0.3) is 5.56 Å². The van der Waals surface area contributed by atoms with Crippen LogP contribution in [0, 0.1) is 6.92 Å². The number of nitrogens with zero attached hydrogens (tertiary/aromatic N) is 2. The first kappa shape index (κ1) is 18.4. The molecule has 0 saturated carbocycles. The lowest BCUT2D eigenvalue weighted by atomic mass is 9.97. The van der Waals surface area contributed by atoms with E-state index in [1.165, 1.54) is 10.6 Å². The summed E-state index contributed by atoms with van der Waals surface area (Å²) < 4.78 is 6.86. The van der Waals surface area contributed by atoms with E-state index in [1.54, 1.807) is 0 Å². The monoisotopic (exact) mass is 380 g/mol. The van der Waals surface area contributed by atoms with Crippen molar-refractivity contribution >= 4 is 11.6 Å². The van der Waals surface area contributed by atoms with Gasteiger partial charge in [0.05, 0.1) is 18.7 Å². The van der Waals surface area contributed by atoms with Crippen molar-refractivity contribution in [3.63, 3.8) is 0 Å². The van der Waals surface area contributed by atoms with Crippen molar-refractivity contribution in [2.75, 3.05) is 13.2 Å². The summed E-state index contributed by atoms with van der Waals surface area (Å²) in [7, 11) is 0. The molecule has 1 amide bonds. The molecule has 7 heteroatoms. The van der Waals surface area contributed by atoms with E-state index in [9.17, 15) is 9.59 Å². The van der Waals surface area contributed by atoms with Gasteiger partial charge in [-0.3, -0.25) is 14.7 Å². The first-order chi connectivity index (χ1) is 13.6. The highest BCUT2D eigenvalue weighted by Gasteiger charge is 2.19. The highest BCUT2D eigenvalue weighted by molar-refractivity contribution is 5.78. The lowest BCUT2D eigenvalue weighted by molar-refractivity contribution is -0.120. The molecule has 2 N–H and O–H groups in total. The summed E-state index contributed by atoms with van der Waals surface area (Å²) in [6.07, 6.45) is 2.17. The van der Waals surface area contributed by atoms with E-state index in [0.29, 0.717) is 23.7 Å². The van der Waals surface area contributed by atoms with E-state index < -0.39 is 0 Å². The van der Waals surface area contributed by atoms with Gasteiger partial charge in [-0.25, -0.2) is 9.50 Å². The maximum atomic E-state index is 12.4. The maximum absolute atomic E-state index is 12.4. The van der Waals surface area contributed by atoms with Gasteiger partial charge in [-0.2, -0.15) is 0 Å². The summed E-state index contributed by atoms with van der Waals surface area (Å²) in [4.78, 5) is 29.1. The Balaban J connectivity index is 1.44. The highest BCUT2D eigenvalue weighted by Crippen LogP contribution is 2.25. The summed E-state index contributed by atoms with van der Waals surface area (Å²) in [6.45, 7) is 3.72. The number of amides is 1. The number of aryl methyl sites for hydroxylation is 1. The molecule has 2 aromatic heterocycles. The van der Waals surface area contributed by atoms with E-state index in [4.69, 9.17) is 4.74 Å². The standard InChI is InChI=1S/C21H24N4O3/c1-14-2-4-15(5-3-14)10-20(26)22-13-17-11-21(27)25-19(23-17)12-18(24-25)16-6-8-28-9-7-16/h2-5,11-12,16,24H,6-10,13H2,1H3,(H,22,26). The lowest BCUT2D eigenvalue weighted by Gasteiger charge is -2.20. The number of aromatic nitrogens is 3. The van der Waals surface area contributed by atoms with Crippen molar-refractivity contribution in [3.05, 3.63) is 69.3 Å². The van der Waals surface area contributed by atoms with E-state index in [1.807, 2.05) is 37.3 Å². The van der Waals surface area contributed by atoms with Crippen molar-refractivity contribution in [1.82, 2.24) is 19.9 Å². The molecule has 7 nitrogen and oxygen atoms in total. The van der Waals surface area contributed by atoms with Crippen LogP contribution in [-0.4, -0.2) is 33.7 Å². The number of H-pyrrole nitrogens is 1. The van der Waals surface area contributed by atoms with Gasteiger partial charge in [-0.15, -0.1) is 0 Å². The van der Waals surface area contributed by atoms with Crippen LogP contribution in [0.3, 0.4) is 0 Å². The Morgan fingerprint density at radius 3 is 2.75 bits per heavy atom. The van der Waals surface area contributed by atoms with Crippen molar-refractivity contribution in [1.29, 1.82) is 0 Å². The highest BCUT2D eigenvalue weighted by atomic mass is 16.5. The van der Waals surface area contributed by atoms with Crippen LogP contribution in [0.1, 0.15) is 41.3 Å². The number of aromatic amines is 1. The first-order valence-corrected chi connectivity index (χ1v) is 9.60. The number of hydrogen-bond acceptors (Lipinski definition) is 4. The van der Waals surface area contributed by atoms with E-state index in [0.717, 1.165) is 42.9 Å². The summed E-state index contributed by atoms with van der Waals surface area (Å²) in [6, 6.07) is 11.3. The molecule has 0 bridgehead atoms. The van der Waals surface area contributed by atoms with Gasteiger partial charge in [0.2, 0.25) is 5.91 Å². The molecule has 28 heavy (non-hydrogen) atoms. The lowest BCUT2D eigenvalue weighted by Crippen LogP contribution is -2.26. The zero-order chi connectivity index (χ0) is 19.5. The van der Waals surface area contributed by atoms with Crippen LogP contribution < -0.4 is 10.9 Å². The number of benzene rings is 1. The van der Waals surface area contributed by atoms with Gasteiger partial charge in [0, 0.05) is 37.0 Å². The second-order valence-corrected chi connectivity index (χ2v) is 7.32. The van der Waals surface area contributed by atoms with Crippen LogP contribution in [-0.2, 0) is 22.5 Å². The fraction of sp³-hybridized carbons (Fsp3) is 0.381. The minimum atomic E-state index is -0.175. The largest absolute Gasteiger partial charge is 0.381 e. The Labute approximate surface area is 162 Å². The Bertz CT molecular complexity index is 1030. The Hall–Kier alpha value is -2.93. The van der Waals surface area contributed by atoms with Gasteiger partial charge in [0.15, 0.2) is 5.65 Å². The first-order valence-electron chi connectivity index (χ1n) is 9.60. The summed E-state index contributed by atoms with van der Waals surface area (Å²) >= 11 is 0. The molecule has 1 aliphatic rings. The average Bonchev–Trinajstić information content (AvgIpc) is 3.14. The fourth-order valence-electron chi connectivity index (χ4n) is 3.51. The Morgan fingerprint density at radius 2 is 2.00 bits per heavy atom. The second-order valence-electron chi connectivity index (χ2n) is 7.32. The quantitative estimate of drug-likeness (QED) is 0.709. The second kappa shape index (κ2) is 7.98. The predicted octanol–water partition coefficient (Wildman–Crippen LogP) is 2.08. The Kier molecular flexibility index (Phi) is 5.25. The van der Waals surface area contributed by atoms with Crippen molar-refractivity contribution < 1.29 is 9.53 Å². The third-order valence-electron chi connectivity index (χ3n) is 5.14. The zero-order valence-corrected chi connectivity index (χ0v) is 15.9. The van der Waals surface area contributed by atoms with Gasteiger partial charge >= 0.3 is 0 Å². The molecule has 1 aliphatic heterocycles. The molecular formula is C21H24N4O3. The molecule has 3 heterocycles. The molecule has 1 fully saturated rings. The number of rotatable bonds is 5. The number of carbonyl (C=O) groups is 1. The Morgan fingerprint density at radius 1 is 1.25 bits per heavy atom. The van der Waals surface area contributed by atoms with Crippen LogP contribution >= 0.6 is 0 Å². The van der Waals surface area contributed by atoms with Crippen molar-refractivity contribution in [2.24, 2.45) is 0 Å². The molecule has 0 unspecified atom stereocenters. The van der Waals surface area contributed by atoms with Gasteiger partial charge in [-0.1, -0.05) is 29.8 Å². The van der Waals surface area contributed by atoms with Crippen molar-refractivity contribution in [2.45, 2.75) is 38.6 Å². The SMILES string of the molecule is Cc1ccc(CC(=O)NCc2cc(=O)n3[nH]c(C4CCOCC4)cc3n2)cc1. The number of fused-ring (bicyclic) bond motifs is 1. The molecular weight excluding hydrogens is 356 g/mol. The van der Waals surface area contributed by atoms with E-state index in [2.05, 4.69) is 15.4 Å². The third kappa shape index (κ3) is 4.14. The molecule has 0 radical (unpaired) electrons. The molecule has 4 rings (SSSR count). The van der Waals surface area contributed by atoms with E-state index >= 15 is 0 Å². The third-order valence-corrected chi connectivity index (χ3v) is 5.14. The molecule has 0 atom stereocenters. The van der Waals surface area contributed by atoms with Gasteiger partial charge in [-0.05, 0) is 25.3 Å². The zero-order valence-electron chi connectivity index (χ0n) is 15.9. The number of hydrogen-bond donors (Lipinski definition) is 2. The van der Waals surface area contributed by atoms with Crippen LogP contribution in [0.2, 0.25) is 0 Å². The summed E-state index contributed by atoms with van der Waals surface area (Å²) in [5.41, 5.74) is 4.09. The molecule has 1 saturated heterocycles. The van der Waals surface area contributed by atoms with Crippen molar-refractivity contribution in [3.8, 4) is 0 Å². The summed E-state index contributed by atoms with van der Waals surface area (Å²) in [5.74, 6) is 0.260. The smallest absolute Gasteiger partial charge is 0.272 e. The average molecular weight is 380 g/mol. The van der Waals surface area contributed by atoms with Crippen LogP contribution in [0.5, 0.6) is 0 Å². The topological polar surface area (TPSA) is 88.5 Å². The molecule has 1 aromatic carbocycles. The minimum absolute atomic E-state index is 0.0946. The number of ether oxygens (including phenoxy) is 1. The van der Waals surface area contributed by atoms with Crippen LogP contribution in [0.15, 0.2) is 41.2 Å². The van der Waals surface area contributed by atoms with E-state index in [-0.39, 0.29) is 18.0 Å². The maximum Gasteiger partial charge on any atom is 0.272 e. The predicted molar refractivity (Wildman–Crippen MR) is 105 cm³/mol. The summed E-state index contributed by atoms with van der Waals surface area (Å²) in [5, 5.41) is 6.01. The number of nitrogens with one attached hydrogen (secondary N) is 2. The van der Waals surface area contributed by atoms with Crippen LogP contribution in [0.25, 0.3) is 5.65 Å².